The SMILES string of the molecule is CCCCCC#CC1OC(=O)C(O)=C1Cc1ccc(C(C)C)cc1. The number of carbonyl (C=O) groups excluding carboxylic acids is 1. The third-order valence-electron chi connectivity index (χ3n) is 4.22. The van der Waals surface area contributed by atoms with Crippen LogP contribution in [0.25, 0.3) is 0 Å². The Kier molecular flexibility index (Phi) is 6.49. The van der Waals surface area contributed by atoms with Gasteiger partial charge in [-0.2, -0.15) is 0 Å². The van der Waals surface area contributed by atoms with Gasteiger partial charge in [-0.05, 0) is 23.5 Å². The minimum absolute atomic E-state index is 0.282. The van der Waals surface area contributed by atoms with E-state index in [4.69, 9.17) is 4.74 Å². The van der Waals surface area contributed by atoms with Crippen molar-refractivity contribution in [2.75, 3.05) is 0 Å². The van der Waals surface area contributed by atoms with Gasteiger partial charge in [-0.15, -0.1) is 0 Å². The minimum atomic E-state index is -0.670. The Morgan fingerprint density at radius 2 is 1.92 bits per heavy atom. The second-order valence-electron chi connectivity index (χ2n) is 6.51. The van der Waals surface area contributed by atoms with Crippen LogP contribution in [0.4, 0.5) is 0 Å². The van der Waals surface area contributed by atoms with Crippen LogP contribution in [0.1, 0.15) is 63.5 Å². The van der Waals surface area contributed by atoms with Crippen molar-refractivity contribution in [1.29, 1.82) is 0 Å². The third-order valence-corrected chi connectivity index (χ3v) is 4.22. The van der Waals surface area contributed by atoms with Gasteiger partial charge in [0.1, 0.15) is 0 Å². The number of hydrogen-bond donors (Lipinski definition) is 1. The zero-order valence-corrected chi connectivity index (χ0v) is 14.8. The van der Waals surface area contributed by atoms with Gasteiger partial charge < -0.3 is 9.84 Å². The van der Waals surface area contributed by atoms with E-state index in [9.17, 15) is 9.90 Å². The molecule has 1 N–H and O–H groups in total. The molecular formula is C21H26O3. The number of aliphatic hydroxyl groups is 1. The standard InChI is InChI=1S/C21H26O3/c1-4-5-6-7-8-9-19-18(20(22)21(23)24-19)14-16-10-12-17(13-11-16)15(2)3/h10-13,15,19,22H,4-7,14H2,1-3H3. The summed E-state index contributed by atoms with van der Waals surface area (Å²) in [6.45, 7) is 6.45. The average Bonchev–Trinajstić information content (AvgIpc) is 2.83. The molecule has 0 bridgehead atoms. The fraction of sp³-hybridized carbons (Fsp3) is 0.476. The second-order valence-corrected chi connectivity index (χ2v) is 6.51. The van der Waals surface area contributed by atoms with Crippen LogP contribution in [-0.2, 0) is 16.0 Å². The summed E-state index contributed by atoms with van der Waals surface area (Å²) in [5.74, 6) is 5.59. The Bertz CT molecular complexity index is 657. The zero-order chi connectivity index (χ0) is 17.5. The quantitative estimate of drug-likeness (QED) is 0.469. The van der Waals surface area contributed by atoms with Gasteiger partial charge in [0.2, 0.25) is 5.76 Å². The molecule has 0 saturated heterocycles. The molecule has 1 heterocycles. The number of ether oxygens (including phenoxy) is 1. The van der Waals surface area contributed by atoms with Crippen molar-refractivity contribution in [3.05, 3.63) is 46.7 Å². The second kappa shape index (κ2) is 8.59. The molecule has 0 saturated carbocycles. The molecule has 1 aromatic rings. The van der Waals surface area contributed by atoms with Crippen LogP contribution in [0.2, 0.25) is 0 Å². The number of carbonyl (C=O) groups is 1. The van der Waals surface area contributed by atoms with E-state index in [1.807, 2.05) is 12.1 Å². The Morgan fingerprint density at radius 1 is 1.21 bits per heavy atom. The topological polar surface area (TPSA) is 46.5 Å². The summed E-state index contributed by atoms with van der Waals surface area (Å²) >= 11 is 0. The van der Waals surface area contributed by atoms with Crippen molar-refractivity contribution in [3.8, 4) is 11.8 Å². The van der Waals surface area contributed by atoms with Crippen molar-refractivity contribution in [2.45, 2.75) is 64.9 Å². The summed E-state index contributed by atoms with van der Waals surface area (Å²) in [5.41, 5.74) is 2.88. The number of hydrogen-bond acceptors (Lipinski definition) is 3. The summed E-state index contributed by atoms with van der Waals surface area (Å²) in [5, 5.41) is 10.0. The molecule has 1 aliphatic rings. The molecule has 1 aromatic carbocycles. The molecule has 3 nitrogen and oxygen atoms in total. The molecule has 1 unspecified atom stereocenters. The maximum absolute atomic E-state index is 11.7. The van der Waals surface area contributed by atoms with E-state index < -0.39 is 12.1 Å². The predicted molar refractivity (Wildman–Crippen MR) is 95.7 cm³/mol. The van der Waals surface area contributed by atoms with Gasteiger partial charge in [-0.1, -0.05) is 69.7 Å². The first-order valence-corrected chi connectivity index (χ1v) is 8.73. The summed E-state index contributed by atoms with van der Waals surface area (Å²) in [6, 6.07) is 8.23. The first-order valence-electron chi connectivity index (χ1n) is 8.73. The highest BCUT2D eigenvalue weighted by molar-refractivity contribution is 5.90. The molecule has 0 amide bonds. The van der Waals surface area contributed by atoms with E-state index in [-0.39, 0.29) is 5.76 Å². The lowest BCUT2D eigenvalue weighted by Crippen LogP contribution is -2.10. The highest BCUT2D eigenvalue weighted by atomic mass is 16.6. The van der Waals surface area contributed by atoms with E-state index in [1.54, 1.807) is 0 Å². The molecule has 0 aromatic heterocycles. The number of cyclic esters (lactones) is 1. The number of benzene rings is 1. The molecule has 0 radical (unpaired) electrons. The maximum atomic E-state index is 11.7. The smallest absolute Gasteiger partial charge is 0.375 e. The number of unbranched alkanes of at least 4 members (excludes halogenated alkanes) is 3. The minimum Gasteiger partial charge on any atom is -0.502 e. The zero-order valence-electron chi connectivity index (χ0n) is 14.8. The van der Waals surface area contributed by atoms with Gasteiger partial charge in [0.05, 0.1) is 0 Å². The fourth-order valence-electron chi connectivity index (χ4n) is 2.65. The molecule has 24 heavy (non-hydrogen) atoms. The van der Waals surface area contributed by atoms with E-state index in [1.165, 1.54) is 5.56 Å². The normalized spacial score (nSPS) is 17.0. The lowest BCUT2D eigenvalue weighted by atomic mass is 9.97. The van der Waals surface area contributed by atoms with E-state index >= 15 is 0 Å². The Hall–Kier alpha value is -2.21. The largest absolute Gasteiger partial charge is 0.502 e. The molecule has 0 fully saturated rings. The molecule has 2 rings (SSSR count). The maximum Gasteiger partial charge on any atom is 0.375 e. The lowest BCUT2D eigenvalue weighted by Gasteiger charge is -2.09. The van der Waals surface area contributed by atoms with Gasteiger partial charge in [-0.3, -0.25) is 0 Å². The monoisotopic (exact) mass is 326 g/mol. The number of rotatable bonds is 6. The molecule has 128 valence electrons. The van der Waals surface area contributed by atoms with Crippen molar-refractivity contribution in [2.24, 2.45) is 0 Å². The first-order chi connectivity index (χ1) is 11.5. The molecule has 0 aliphatic carbocycles. The van der Waals surface area contributed by atoms with Crippen LogP contribution in [-0.4, -0.2) is 17.2 Å². The van der Waals surface area contributed by atoms with Gasteiger partial charge in [0, 0.05) is 18.4 Å². The van der Waals surface area contributed by atoms with Gasteiger partial charge in [0.15, 0.2) is 6.10 Å². The molecule has 1 aliphatic heterocycles. The Balaban J connectivity index is 2.08. The molecule has 0 spiro atoms. The van der Waals surface area contributed by atoms with Crippen LogP contribution < -0.4 is 0 Å². The van der Waals surface area contributed by atoms with E-state index in [0.717, 1.165) is 31.2 Å². The van der Waals surface area contributed by atoms with Crippen molar-refractivity contribution in [3.63, 3.8) is 0 Å². The summed E-state index contributed by atoms with van der Waals surface area (Å²) in [6.07, 6.45) is 3.99. The van der Waals surface area contributed by atoms with Crippen LogP contribution in [0.3, 0.4) is 0 Å². The Morgan fingerprint density at radius 3 is 2.54 bits per heavy atom. The van der Waals surface area contributed by atoms with Crippen molar-refractivity contribution >= 4 is 5.97 Å². The van der Waals surface area contributed by atoms with Crippen molar-refractivity contribution in [1.82, 2.24) is 0 Å². The van der Waals surface area contributed by atoms with E-state index in [0.29, 0.717) is 17.9 Å². The van der Waals surface area contributed by atoms with Gasteiger partial charge in [0.25, 0.3) is 0 Å². The third kappa shape index (κ3) is 4.64. The van der Waals surface area contributed by atoms with Crippen LogP contribution >= 0.6 is 0 Å². The fourth-order valence-corrected chi connectivity index (χ4v) is 2.65. The van der Waals surface area contributed by atoms with Crippen molar-refractivity contribution < 1.29 is 14.6 Å². The average molecular weight is 326 g/mol. The summed E-state index contributed by atoms with van der Waals surface area (Å²) < 4.78 is 5.19. The predicted octanol–water partition coefficient (Wildman–Crippen LogP) is 4.67. The van der Waals surface area contributed by atoms with Crippen LogP contribution in [0.15, 0.2) is 35.6 Å². The van der Waals surface area contributed by atoms with Crippen LogP contribution in [0, 0.1) is 11.8 Å². The summed E-state index contributed by atoms with van der Waals surface area (Å²) in [7, 11) is 0. The Labute approximate surface area is 144 Å². The summed E-state index contributed by atoms with van der Waals surface area (Å²) in [4.78, 5) is 11.7. The molecular weight excluding hydrogens is 300 g/mol. The highest BCUT2D eigenvalue weighted by Crippen LogP contribution is 2.25. The van der Waals surface area contributed by atoms with Gasteiger partial charge in [-0.25, -0.2) is 4.79 Å². The molecule has 3 heteroatoms. The number of esters is 1. The van der Waals surface area contributed by atoms with Gasteiger partial charge >= 0.3 is 5.97 Å². The lowest BCUT2D eigenvalue weighted by molar-refractivity contribution is -0.140. The first kappa shape index (κ1) is 18.1. The number of aliphatic hydroxyl groups excluding tert-OH is 1. The molecule has 1 atom stereocenters. The van der Waals surface area contributed by atoms with E-state index in [2.05, 4.69) is 44.7 Å². The van der Waals surface area contributed by atoms with Crippen LogP contribution in [0.5, 0.6) is 0 Å². The highest BCUT2D eigenvalue weighted by Gasteiger charge is 2.32.